The van der Waals surface area contributed by atoms with Crippen LogP contribution in [0, 0.1) is 24.2 Å². The summed E-state index contributed by atoms with van der Waals surface area (Å²) in [7, 11) is 0. The number of piperidine rings is 1. The Balaban J connectivity index is 1.90. The maximum atomic E-state index is 9.80. The number of anilines is 1. The quantitative estimate of drug-likeness (QED) is 0.750. The molecule has 1 heterocycles. The van der Waals surface area contributed by atoms with Crippen molar-refractivity contribution in [3.8, 4) is 17.2 Å². The van der Waals surface area contributed by atoms with E-state index in [-0.39, 0.29) is 0 Å². The van der Waals surface area contributed by atoms with E-state index in [0.717, 1.165) is 43.0 Å². The topological polar surface area (TPSA) is 27.0 Å². The van der Waals surface area contributed by atoms with Crippen molar-refractivity contribution in [2.24, 2.45) is 5.92 Å². The highest BCUT2D eigenvalue weighted by Crippen LogP contribution is 2.42. The van der Waals surface area contributed by atoms with Crippen LogP contribution in [0.25, 0.3) is 11.1 Å². The van der Waals surface area contributed by atoms with E-state index < -0.39 is 0 Å². The van der Waals surface area contributed by atoms with E-state index in [1.165, 1.54) is 40.8 Å². The lowest BCUT2D eigenvalue weighted by Gasteiger charge is -2.36. The van der Waals surface area contributed by atoms with Crippen LogP contribution in [0.4, 0.5) is 5.69 Å². The maximum absolute atomic E-state index is 9.80. The zero-order valence-corrected chi connectivity index (χ0v) is 14.6. The third kappa shape index (κ3) is 2.40. The molecule has 1 saturated heterocycles. The molecule has 2 nitrogen and oxygen atoms in total. The molecule has 1 aliphatic carbocycles. The Morgan fingerprint density at radius 3 is 2.58 bits per heavy atom. The number of fused-ring (bicyclic) bond motifs is 3. The highest BCUT2D eigenvalue weighted by molar-refractivity contribution is 5.83. The van der Waals surface area contributed by atoms with Crippen molar-refractivity contribution >= 4 is 5.69 Å². The summed E-state index contributed by atoms with van der Waals surface area (Å²) >= 11 is 0. The van der Waals surface area contributed by atoms with Crippen LogP contribution in [-0.4, -0.2) is 13.1 Å². The van der Waals surface area contributed by atoms with Gasteiger partial charge in [0, 0.05) is 13.1 Å². The van der Waals surface area contributed by atoms with Crippen molar-refractivity contribution in [1.29, 1.82) is 5.26 Å². The minimum atomic E-state index is 0.799. The minimum absolute atomic E-state index is 0.799. The van der Waals surface area contributed by atoms with E-state index in [9.17, 15) is 5.26 Å². The molecule has 2 heteroatoms. The molecule has 2 aromatic carbocycles. The molecule has 0 bridgehead atoms. The van der Waals surface area contributed by atoms with Gasteiger partial charge in [-0.3, -0.25) is 0 Å². The van der Waals surface area contributed by atoms with E-state index in [1.807, 2.05) is 0 Å². The number of hydrogen-bond acceptors (Lipinski definition) is 2. The summed E-state index contributed by atoms with van der Waals surface area (Å²) in [5, 5.41) is 9.80. The fourth-order valence-electron chi connectivity index (χ4n) is 4.32. The first-order chi connectivity index (χ1) is 11.7. The fraction of sp³-hybridized carbons (Fsp3) is 0.409. The van der Waals surface area contributed by atoms with Crippen molar-refractivity contribution < 1.29 is 0 Å². The van der Waals surface area contributed by atoms with Gasteiger partial charge in [-0.25, -0.2) is 0 Å². The zero-order valence-electron chi connectivity index (χ0n) is 14.6. The van der Waals surface area contributed by atoms with Crippen LogP contribution in [0.2, 0.25) is 0 Å². The molecule has 2 aromatic rings. The summed E-state index contributed by atoms with van der Waals surface area (Å²) in [6, 6.07) is 13.5. The van der Waals surface area contributed by atoms with Gasteiger partial charge < -0.3 is 4.90 Å². The predicted molar refractivity (Wildman–Crippen MR) is 99.3 cm³/mol. The Bertz CT molecular complexity index is 821. The molecule has 2 aliphatic rings. The molecule has 0 N–H and O–H groups in total. The lowest BCUT2D eigenvalue weighted by molar-refractivity contribution is 0.437. The van der Waals surface area contributed by atoms with Crippen molar-refractivity contribution in [2.45, 2.75) is 39.5 Å². The van der Waals surface area contributed by atoms with Gasteiger partial charge in [-0.15, -0.1) is 0 Å². The van der Waals surface area contributed by atoms with Gasteiger partial charge in [0.25, 0.3) is 0 Å². The third-order valence-corrected chi connectivity index (χ3v) is 5.77. The summed E-state index contributed by atoms with van der Waals surface area (Å²) in [6.45, 7) is 6.58. The smallest absolute Gasteiger partial charge is 0.102 e. The highest BCUT2D eigenvalue weighted by atomic mass is 15.1. The van der Waals surface area contributed by atoms with Gasteiger partial charge in [-0.2, -0.15) is 5.26 Å². The zero-order chi connectivity index (χ0) is 16.7. The second-order valence-corrected chi connectivity index (χ2v) is 7.38. The SMILES string of the molecule is Cc1cc2c(c(N3CCC(C)CC3)c1C#N)CCc1ccccc1-2. The Labute approximate surface area is 144 Å². The lowest BCUT2D eigenvalue weighted by Crippen LogP contribution is -2.34. The Morgan fingerprint density at radius 1 is 1.08 bits per heavy atom. The van der Waals surface area contributed by atoms with Gasteiger partial charge in [0.1, 0.15) is 6.07 Å². The molecular formula is C22H24N2. The van der Waals surface area contributed by atoms with Gasteiger partial charge in [-0.05, 0) is 72.4 Å². The van der Waals surface area contributed by atoms with Crippen molar-refractivity contribution in [1.82, 2.24) is 0 Å². The van der Waals surface area contributed by atoms with Gasteiger partial charge >= 0.3 is 0 Å². The molecule has 0 unspecified atom stereocenters. The van der Waals surface area contributed by atoms with Gasteiger partial charge in [0.2, 0.25) is 0 Å². The summed E-state index contributed by atoms with van der Waals surface area (Å²) in [5.41, 5.74) is 8.77. The minimum Gasteiger partial charge on any atom is -0.370 e. The van der Waals surface area contributed by atoms with Crippen LogP contribution in [0.1, 0.15) is 42.0 Å². The standard InChI is InChI=1S/C22H24N2/c1-15-9-11-24(12-10-15)22-19-8-7-17-5-3-4-6-18(17)20(19)13-16(2)21(22)14-23/h3-6,13,15H,7-12H2,1-2H3. The molecule has 1 aliphatic heterocycles. The molecule has 0 atom stereocenters. The van der Waals surface area contributed by atoms with Crippen LogP contribution in [0.5, 0.6) is 0 Å². The van der Waals surface area contributed by atoms with Crippen LogP contribution < -0.4 is 4.90 Å². The Kier molecular flexibility index (Phi) is 3.81. The monoisotopic (exact) mass is 316 g/mol. The van der Waals surface area contributed by atoms with Crippen LogP contribution >= 0.6 is 0 Å². The van der Waals surface area contributed by atoms with Crippen LogP contribution in [0.3, 0.4) is 0 Å². The fourth-order valence-corrected chi connectivity index (χ4v) is 4.32. The van der Waals surface area contributed by atoms with Crippen LogP contribution in [-0.2, 0) is 12.8 Å². The second-order valence-electron chi connectivity index (χ2n) is 7.38. The first-order valence-electron chi connectivity index (χ1n) is 9.09. The van der Waals surface area contributed by atoms with Gasteiger partial charge in [0.15, 0.2) is 0 Å². The van der Waals surface area contributed by atoms with E-state index in [0.29, 0.717) is 0 Å². The lowest BCUT2D eigenvalue weighted by atomic mass is 9.81. The first-order valence-corrected chi connectivity index (χ1v) is 9.09. The number of nitrogens with zero attached hydrogens (tertiary/aromatic N) is 2. The molecule has 122 valence electrons. The van der Waals surface area contributed by atoms with Gasteiger partial charge in [0.05, 0.1) is 11.3 Å². The van der Waals surface area contributed by atoms with Crippen LogP contribution in [0.15, 0.2) is 30.3 Å². The number of aryl methyl sites for hydroxylation is 2. The van der Waals surface area contributed by atoms with Crippen molar-refractivity contribution in [2.75, 3.05) is 18.0 Å². The second kappa shape index (κ2) is 5.98. The molecular weight excluding hydrogens is 292 g/mol. The molecule has 4 rings (SSSR count). The highest BCUT2D eigenvalue weighted by Gasteiger charge is 2.27. The molecule has 0 amide bonds. The number of benzene rings is 2. The molecule has 24 heavy (non-hydrogen) atoms. The Hall–Kier alpha value is -2.27. The molecule has 0 aromatic heterocycles. The van der Waals surface area contributed by atoms with E-state index in [2.05, 4.69) is 55.1 Å². The summed E-state index contributed by atoms with van der Waals surface area (Å²) in [4.78, 5) is 2.48. The molecule has 0 radical (unpaired) electrons. The molecule has 0 saturated carbocycles. The summed E-state index contributed by atoms with van der Waals surface area (Å²) in [5.74, 6) is 0.799. The maximum Gasteiger partial charge on any atom is 0.102 e. The molecule has 0 spiro atoms. The Morgan fingerprint density at radius 2 is 1.83 bits per heavy atom. The summed E-state index contributed by atoms with van der Waals surface area (Å²) < 4.78 is 0. The largest absolute Gasteiger partial charge is 0.370 e. The van der Waals surface area contributed by atoms with E-state index in [1.54, 1.807) is 0 Å². The van der Waals surface area contributed by atoms with Gasteiger partial charge in [-0.1, -0.05) is 31.2 Å². The normalized spacial score (nSPS) is 17.1. The van der Waals surface area contributed by atoms with E-state index in [4.69, 9.17) is 0 Å². The average Bonchev–Trinajstić information content (AvgIpc) is 2.61. The van der Waals surface area contributed by atoms with E-state index >= 15 is 0 Å². The average molecular weight is 316 g/mol. The third-order valence-electron chi connectivity index (χ3n) is 5.77. The predicted octanol–water partition coefficient (Wildman–Crippen LogP) is 4.87. The first kappa shape index (κ1) is 15.3. The number of hydrogen-bond donors (Lipinski definition) is 0. The number of rotatable bonds is 1. The van der Waals surface area contributed by atoms with Crippen molar-refractivity contribution in [3.63, 3.8) is 0 Å². The molecule has 1 fully saturated rings. The van der Waals surface area contributed by atoms with Crippen molar-refractivity contribution in [3.05, 3.63) is 52.6 Å². The number of nitriles is 1. The summed E-state index contributed by atoms with van der Waals surface area (Å²) in [6.07, 6.45) is 4.57.